The summed E-state index contributed by atoms with van der Waals surface area (Å²) in [4.78, 5) is 87.2. The van der Waals surface area contributed by atoms with E-state index < -0.39 is 87.0 Å². The number of alkyl carbamates (subject to hydrolysis) is 1. The number of carbonyl (C=O) groups excluding carboxylic acids is 6. The second-order valence-corrected chi connectivity index (χ2v) is 25.6. The van der Waals surface area contributed by atoms with Gasteiger partial charge in [-0.1, -0.05) is 109 Å². The van der Waals surface area contributed by atoms with Gasteiger partial charge in [-0.3, -0.25) is 24.2 Å². The van der Waals surface area contributed by atoms with Crippen molar-refractivity contribution in [1.29, 1.82) is 0 Å². The van der Waals surface area contributed by atoms with Crippen molar-refractivity contribution < 1.29 is 51.4 Å². The van der Waals surface area contributed by atoms with E-state index in [1.807, 2.05) is 75.4 Å². The normalized spacial score (nSPS) is 14.4. The van der Waals surface area contributed by atoms with Crippen molar-refractivity contribution in [2.45, 2.75) is 167 Å². The molecule has 4 atom stereocenters. The molecule has 6 aromatic carbocycles. The predicted molar refractivity (Wildman–Crippen MR) is 343 cm³/mol. The van der Waals surface area contributed by atoms with Gasteiger partial charge in [-0.25, -0.2) is 22.7 Å². The number of benzene rings is 6. The Morgan fingerprint density at radius 2 is 1.31 bits per heavy atom. The molecule has 0 aliphatic carbocycles. The van der Waals surface area contributed by atoms with Crippen LogP contribution in [-0.2, 0) is 62.9 Å². The third kappa shape index (κ3) is 18.1. The summed E-state index contributed by atoms with van der Waals surface area (Å²) in [6.07, 6.45) is 2.75. The van der Waals surface area contributed by atoms with Gasteiger partial charge in [0.2, 0.25) is 29.6 Å². The molecule has 0 saturated heterocycles. The molecule has 1 heterocycles. The summed E-state index contributed by atoms with van der Waals surface area (Å²) >= 11 is 0. The second-order valence-electron chi connectivity index (χ2n) is 24.0. The Bertz CT molecular complexity index is 3620. The molecular formula is C68H84N8O11S. The van der Waals surface area contributed by atoms with Gasteiger partial charge in [0.25, 0.3) is 10.0 Å². The number of sulfonamides is 1. The summed E-state index contributed by atoms with van der Waals surface area (Å²) in [6, 6.07) is 30.2. The highest BCUT2D eigenvalue weighted by molar-refractivity contribution is 7.90. The molecule has 6 aromatic rings. The van der Waals surface area contributed by atoms with E-state index in [4.69, 9.17) is 19.9 Å². The van der Waals surface area contributed by atoms with Crippen molar-refractivity contribution in [3.63, 3.8) is 0 Å². The number of ether oxygens (including phenoxy) is 3. The van der Waals surface area contributed by atoms with E-state index in [-0.39, 0.29) is 63.1 Å². The lowest BCUT2D eigenvalue weighted by molar-refractivity contribution is -0.149. The number of carbonyl (C=O) groups is 6. The van der Waals surface area contributed by atoms with Gasteiger partial charge in [-0.2, -0.15) is 0 Å². The highest BCUT2D eigenvalue weighted by Crippen LogP contribution is 2.42. The average molecular weight is 1220 g/mol. The summed E-state index contributed by atoms with van der Waals surface area (Å²) in [5.41, 5.74) is 11.1. The number of aliphatic imine (C=N–C) groups is 1. The van der Waals surface area contributed by atoms with E-state index >= 15 is 0 Å². The smallest absolute Gasteiger partial charge is 0.407 e. The van der Waals surface area contributed by atoms with Crippen molar-refractivity contribution >= 4 is 73.2 Å². The van der Waals surface area contributed by atoms with Crippen LogP contribution in [0.15, 0.2) is 132 Å². The number of amides is 5. The monoisotopic (exact) mass is 1220 g/mol. The molecule has 0 saturated carbocycles. The lowest BCUT2D eigenvalue weighted by Gasteiger charge is -2.35. The Hall–Kier alpha value is -8.78. The van der Waals surface area contributed by atoms with E-state index in [2.05, 4.69) is 73.2 Å². The molecule has 7 rings (SSSR count). The van der Waals surface area contributed by atoms with Gasteiger partial charge >= 0.3 is 12.1 Å². The van der Waals surface area contributed by atoms with Crippen LogP contribution in [0.25, 0.3) is 32.7 Å². The quantitative estimate of drug-likeness (QED) is 0.00668. The molecule has 8 N–H and O–H groups in total. The third-order valence-corrected chi connectivity index (χ3v) is 17.0. The van der Waals surface area contributed by atoms with E-state index in [9.17, 15) is 37.2 Å². The van der Waals surface area contributed by atoms with Crippen LogP contribution in [0.2, 0.25) is 0 Å². The van der Waals surface area contributed by atoms with Gasteiger partial charge in [-0.15, -0.1) is 6.58 Å². The van der Waals surface area contributed by atoms with Crippen LogP contribution in [0.1, 0.15) is 120 Å². The minimum absolute atomic E-state index is 0.0158. The number of guanidine groups is 1. The van der Waals surface area contributed by atoms with E-state index in [1.165, 1.54) is 13.0 Å². The fourth-order valence-corrected chi connectivity index (χ4v) is 12.4. The zero-order valence-electron chi connectivity index (χ0n) is 51.9. The maximum atomic E-state index is 14.8. The topological polar surface area (TPSA) is 275 Å². The van der Waals surface area contributed by atoms with Crippen LogP contribution in [0.4, 0.5) is 4.79 Å². The minimum atomic E-state index is -4.26. The van der Waals surface area contributed by atoms with Gasteiger partial charge in [0.1, 0.15) is 47.7 Å². The Kier molecular flexibility index (Phi) is 22.6. The number of unbranched alkanes of at least 4 members (excludes halogenated alkanes) is 1. The average Bonchev–Trinajstić information content (AvgIpc) is 0.879. The number of hydrogen-bond acceptors (Lipinski definition) is 12. The van der Waals surface area contributed by atoms with Crippen molar-refractivity contribution in [2.24, 2.45) is 10.7 Å². The molecule has 0 unspecified atom stereocenters. The number of nitrogens with one attached hydrogen (secondary N) is 6. The SMILES string of the molecule is C=CC[C@H](NC(=O)[C@@H](CCCN=C(N)NS(=O)(=O)c1c(C)c(C)c2c(c1C)CCC(C)(C)O2)NC(=O)[C@@H](CCCCNC(=O)OC(C)(C)C)NC(=O)[C@H](Cc1ccc(-c2c3ccccc3cc3ccccc23)cc1)NC(C)=O)C(=O)OCc1ccccc1. The van der Waals surface area contributed by atoms with Gasteiger partial charge in [0.15, 0.2) is 0 Å². The first-order chi connectivity index (χ1) is 41.7. The summed E-state index contributed by atoms with van der Waals surface area (Å²) in [5, 5.41) is 18.2. The highest BCUT2D eigenvalue weighted by atomic mass is 32.2. The lowest BCUT2D eigenvalue weighted by Crippen LogP contribution is -2.58. The van der Waals surface area contributed by atoms with Crippen molar-refractivity contribution in [1.82, 2.24) is 31.3 Å². The number of hydrogen-bond donors (Lipinski definition) is 7. The molecule has 20 heteroatoms. The molecule has 0 radical (unpaired) electrons. The van der Waals surface area contributed by atoms with Gasteiger partial charge in [0.05, 0.1) is 4.90 Å². The van der Waals surface area contributed by atoms with Gasteiger partial charge in [0, 0.05) is 26.4 Å². The van der Waals surface area contributed by atoms with Crippen LogP contribution < -0.4 is 41.8 Å². The van der Waals surface area contributed by atoms with E-state index in [0.29, 0.717) is 47.3 Å². The molecule has 0 fully saturated rings. The molecule has 19 nitrogen and oxygen atoms in total. The number of rotatable bonds is 26. The van der Waals surface area contributed by atoms with Crippen LogP contribution in [0.5, 0.6) is 5.75 Å². The van der Waals surface area contributed by atoms with Gasteiger partial charge in [-0.05, 0) is 179 Å². The summed E-state index contributed by atoms with van der Waals surface area (Å²) in [7, 11) is -4.26. The molecule has 468 valence electrons. The third-order valence-electron chi connectivity index (χ3n) is 15.3. The zero-order chi connectivity index (χ0) is 63.9. The first-order valence-electron chi connectivity index (χ1n) is 29.8. The second kappa shape index (κ2) is 29.7. The fraction of sp³-hybridized carbons (Fsp3) is 0.397. The van der Waals surface area contributed by atoms with Crippen molar-refractivity contribution in [2.75, 3.05) is 13.1 Å². The van der Waals surface area contributed by atoms with Crippen LogP contribution in [0.3, 0.4) is 0 Å². The molecule has 1 aliphatic heterocycles. The van der Waals surface area contributed by atoms with Crippen LogP contribution >= 0.6 is 0 Å². The highest BCUT2D eigenvalue weighted by Gasteiger charge is 2.35. The summed E-state index contributed by atoms with van der Waals surface area (Å²) in [5.74, 6) is -3.21. The number of nitrogens with two attached hydrogens (primary N) is 1. The van der Waals surface area contributed by atoms with Crippen molar-refractivity contribution in [3.8, 4) is 16.9 Å². The van der Waals surface area contributed by atoms with Crippen molar-refractivity contribution in [3.05, 3.63) is 155 Å². The molecule has 1 aliphatic rings. The molecule has 0 bridgehead atoms. The number of fused-ring (bicyclic) bond motifs is 3. The standard InChI is InChI=1S/C68H84N8O11S/c1-11-22-56(64(81)85-41-47-23-13-12-14-24-47)75-62(79)55(30-21-38-70-65(69)76-88(83,84)60-43(3)42(2)59-51(44(60)4)35-36-68(9,10)86-59)73-61(78)54(29-19-20-37-71-66(82)87-67(6,7)8)74-63(80)57(72-45(5)77)39-46-31-33-48(34-32-46)58-52-27-17-15-25-49(52)40-50-26-16-18-28-53(50)58/h11-18,23-28,31-34,40,54-57H,1,19-22,29-30,35-39,41H2,2-10H3,(H,71,82)(H,72,77)(H,73,78)(H,74,80)(H,75,79)(H3,69,70,76)/t54-,55-,56+,57+/m1/s1. The zero-order valence-corrected chi connectivity index (χ0v) is 52.7. The summed E-state index contributed by atoms with van der Waals surface area (Å²) < 4.78 is 47.8. The first-order valence-corrected chi connectivity index (χ1v) is 31.3. The largest absolute Gasteiger partial charge is 0.487 e. The summed E-state index contributed by atoms with van der Waals surface area (Å²) in [6.45, 7) is 19.5. The fourth-order valence-electron chi connectivity index (χ4n) is 10.8. The van der Waals surface area contributed by atoms with E-state index in [0.717, 1.165) is 43.8 Å². The Morgan fingerprint density at radius 1 is 0.727 bits per heavy atom. The molecule has 0 aromatic heterocycles. The van der Waals surface area contributed by atoms with Gasteiger partial charge < -0.3 is 46.5 Å². The predicted octanol–water partition coefficient (Wildman–Crippen LogP) is 9.28. The van der Waals surface area contributed by atoms with Crippen LogP contribution in [-0.4, -0.2) is 98.5 Å². The minimum Gasteiger partial charge on any atom is -0.487 e. The maximum absolute atomic E-state index is 14.8. The molecule has 0 spiro atoms. The Balaban J connectivity index is 1.12. The maximum Gasteiger partial charge on any atom is 0.407 e. The number of esters is 1. The molecular weight excluding hydrogens is 1140 g/mol. The lowest BCUT2D eigenvalue weighted by atomic mass is 9.88. The first kappa shape index (κ1) is 66.7. The van der Waals surface area contributed by atoms with Crippen LogP contribution in [0, 0.1) is 20.8 Å². The Morgan fingerprint density at radius 3 is 1.91 bits per heavy atom. The Labute approximate surface area is 516 Å². The molecule has 88 heavy (non-hydrogen) atoms. The van der Waals surface area contributed by atoms with E-state index in [1.54, 1.807) is 58.9 Å². The molecule has 5 amide bonds. The number of nitrogens with zero attached hydrogens (tertiary/aromatic N) is 1.